The standard InChI is InChI=1S/C8H14BrNO2/c1-3-4-5-12-8(11)10-6-7(2)9/h2-6H2,1H3,(H,10,11). The van der Waals surface area contributed by atoms with Crippen molar-refractivity contribution in [3.8, 4) is 0 Å². The van der Waals surface area contributed by atoms with Crippen LogP contribution in [0.15, 0.2) is 11.1 Å². The summed E-state index contributed by atoms with van der Waals surface area (Å²) in [6.07, 6.45) is 1.55. The molecule has 12 heavy (non-hydrogen) atoms. The number of halogens is 1. The lowest BCUT2D eigenvalue weighted by Crippen LogP contribution is -2.25. The van der Waals surface area contributed by atoms with Crippen molar-refractivity contribution in [3.63, 3.8) is 0 Å². The first-order valence-electron chi connectivity index (χ1n) is 3.90. The molecule has 0 atom stereocenters. The predicted octanol–water partition coefficient (Wildman–Crippen LogP) is 2.42. The van der Waals surface area contributed by atoms with Crippen molar-refractivity contribution in [2.24, 2.45) is 0 Å². The maximum absolute atomic E-state index is 10.8. The van der Waals surface area contributed by atoms with Gasteiger partial charge in [0.2, 0.25) is 0 Å². The Bertz CT molecular complexity index is 159. The first-order chi connectivity index (χ1) is 5.66. The minimum atomic E-state index is -0.385. The summed E-state index contributed by atoms with van der Waals surface area (Å²) < 4.78 is 5.55. The summed E-state index contributed by atoms with van der Waals surface area (Å²) in [5.74, 6) is 0. The van der Waals surface area contributed by atoms with Gasteiger partial charge in [-0.1, -0.05) is 35.9 Å². The molecule has 1 amide bonds. The maximum Gasteiger partial charge on any atom is 0.407 e. The second-order valence-electron chi connectivity index (χ2n) is 2.36. The van der Waals surface area contributed by atoms with Gasteiger partial charge in [-0.15, -0.1) is 0 Å². The zero-order valence-corrected chi connectivity index (χ0v) is 8.82. The van der Waals surface area contributed by atoms with Gasteiger partial charge in [0.25, 0.3) is 0 Å². The van der Waals surface area contributed by atoms with Gasteiger partial charge in [0.1, 0.15) is 0 Å². The lowest BCUT2D eigenvalue weighted by Gasteiger charge is -2.04. The highest BCUT2D eigenvalue weighted by atomic mass is 79.9. The van der Waals surface area contributed by atoms with Crippen molar-refractivity contribution in [2.75, 3.05) is 13.2 Å². The SMILES string of the molecule is C=C(Br)CNC(=O)OCCCC. The molecule has 0 aromatic carbocycles. The third-order valence-electron chi connectivity index (χ3n) is 1.16. The zero-order chi connectivity index (χ0) is 9.40. The Labute approximate surface area is 81.3 Å². The second kappa shape index (κ2) is 7.16. The van der Waals surface area contributed by atoms with Crippen LogP contribution >= 0.6 is 15.9 Å². The Morgan fingerprint density at radius 3 is 2.83 bits per heavy atom. The Hall–Kier alpha value is -0.510. The fourth-order valence-electron chi connectivity index (χ4n) is 0.528. The molecule has 0 saturated carbocycles. The molecule has 0 aliphatic rings. The van der Waals surface area contributed by atoms with Crippen LogP contribution in [0.2, 0.25) is 0 Å². The van der Waals surface area contributed by atoms with Crippen molar-refractivity contribution < 1.29 is 9.53 Å². The van der Waals surface area contributed by atoms with E-state index >= 15 is 0 Å². The van der Waals surface area contributed by atoms with Crippen LogP contribution in [-0.4, -0.2) is 19.2 Å². The number of nitrogens with one attached hydrogen (secondary N) is 1. The number of amides is 1. The van der Waals surface area contributed by atoms with Crippen LogP contribution in [0.1, 0.15) is 19.8 Å². The molecule has 0 heterocycles. The highest BCUT2D eigenvalue weighted by Gasteiger charge is 1.99. The molecule has 0 bridgehead atoms. The van der Waals surface area contributed by atoms with Crippen molar-refractivity contribution >= 4 is 22.0 Å². The van der Waals surface area contributed by atoms with Gasteiger partial charge >= 0.3 is 6.09 Å². The zero-order valence-electron chi connectivity index (χ0n) is 7.23. The molecule has 3 nitrogen and oxygen atoms in total. The van der Waals surface area contributed by atoms with E-state index in [1.807, 2.05) is 6.92 Å². The highest BCUT2D eigenvalue weighted by Crippen LogP contribution is 1.97. The lowest BCUT2D eigenvalue weighted by molar-refractivity contribution is 0.145. The predicted molar refractivity (Wildman–Crippen MR) is 52.3 cm³/mol. The average molecular weight is 236 g/mol. The molecule has 1 N–H and O–H groups in total. The van der Waals surface area contributed by atoms with Crippen LogP contribution in [0.3, 0.4) is 0 Å². The van der Waals surface area contributed by atoms with Gasteiger partial charge in [0.05, 0.1) is 13.2 Å². The monoisotopic (exact) mass is 235 g/mol. The largest absolute Gasteiger partial charge is 0.450 e. The maximum atomic E-state index is 10.8. The molecule has 0 fully saturated rings. The number of ether oxygens (including phenoxy) is 1. The van der Waals surface area contributed by atoms with E-state index < -0.39 is 0 Å². The van der Waals surface area contributed by atoms with Crippen LogP contribution in [0.5, 0.6) is 0 Å². The van der Waals surface area contributed by atoms with Gasteiger partial charge in [-0.2, -0.15) is 0 Å². The third-order valence-corrected chi connectivity index (χ3v) is 1.44. The summed E-state index contributed by atoms with van der Waals surface area (Å²) in [7, 11) is 0. The summed E-state index contributed by atoms with van der Waals surface area (Å²) in [6, 6.07) is 0. The van der Waals surface area contributed by atoms with Crippen molar-refractivity contribution in [3.05, 3.63) is 11.1 Å². The molecule has 0 aliphatic heterocycles. The Morgan fingerprint density at radius 2 is 2.33 bits per heavy atom. The molecule has 70 valence electrons. The number of carbonyl (C=O) groups is 1. The molecule has 0 aromatic heterocycles. The normalized spacial score (nSPS) is 9.17. The molecule has 0 unspecified atom stereocenters. The van der Waals surface area contributed by atoms with Crippen LogP contribution in [0.25, 0.3) is 0 Å². The molecule has 0 rings (SSSR count). The highest BCUT2D eigenvalue weighted by molar-refractivity contribution is 9.11. The Balaban J connectivity index is 3.28. The van der Waals surface area contributed by atoms with E-state index in [0.29, 0.717) is 13.2 Å². The van der Waals surface area contributed by atoms with Gasteiger partial charge < -0.3 is 10.1 Å². The van der Waals surface area contributed by atoms with E-state index in [1.165, 1.54) is 0 Å². The Kier molecular flexibility index (Phi) is 6.85. The van der Waals surface area contributed by atoms with Gasteiger partial charge in [-0.25, -0.2) is 4.79 Å². The topological polar surface area (TPSA) is 38.3 Å². The minimum Gasteiger partial charge on any atom is -0.450 e. The summed E-state index contributed by atoms with van der Waals surface area (Å²) in [4.78, 5) is 10.8. The van der Waals surface area contributed by atoms with Gasteiger partial charge in [0, 0.05) is 4.48 Å². The van der Waals surface area contributed by atoms with Gasteiger partial charge in [-0.3, -0.25) is 0 Å². The van der Waals surface area contributed by atoms with Crippen LogP contribution in [0, 0.1) is 0 Å². The summed E-state index contributed by atoms with van der Waals surface area (Å²) in [5, 5.41) is 2.53. The summed E-state index contributed by atoms with van der Waals surface area (Å²) in [6.45, 7) is 6.50. The second-order valence-corrected chi connectivity index (χ2v) is 3.48. The first-order valence-corrected chi connectivity index (χ1v) is 4.70. The molecule has 0 radical (unpaired) electrons. The fourth-order valence-corrected chi connectivity index (χ4v) is 0.668. The lowest BCUT2D eigenvalue weighted by atomic mass is 10.4. The summed E-state index contributed by atoms with van der Waals surface area (Å²) >= 11 is 3.12. The van der Waals surface area contributed by atoms with Crippen LogP contribution < -0.4 is 5.32 Å². The van der Waals surface area contributed by atoms with E-state index in [4.69, 9.17) is 4.74 Å². The van der Waals surface area contributed by atoms with E-state index in [0.717, 1.165) is 17.3 Å². The number of unbranched alkanes of at least 4 members (excludes halogenated alkanes) is 1. The third kappa shape index (κ3) is 7.60. The smallest absolute Gasteiger partial charge is 0.407 e. The Morgan fingerprint density at radius 1 is 1.67 bits per heavy atom. The van der Waals surface area contributed by atoms with E-state index in [2.05, 4.69) is 27.8 Å². The van der Waals surface area contributed by atoms with Crippen molar-refractivity contribution in [1.82, 2.24) is 5.32 Å². The molecule has 4 heteroatoms. The molecular weight excluding hydrogens is 222 g/mol. The minimum absolute atomic E-state index is 0.385. The van der Waals surface area contributed by atoms with Crippen LogP contribution in [0.4, 0.5) is 4.79 Å². The number of carbonyl (C=O) groups excluding carboxylic acids is 1. The average Bonchev–Trinajstić information content (AvgIpc) is 2.01. The first kappa shape index (κ1) is 11.5. The number of hydrogen-bond donors (Lipinski definition) is 1. The van der Waals surface area contributed by atoms with E-state index in [9.17, 15) is 4.79 Å². The van der Waals surface area contributed by atoms with E-state index in [-0.39, 0.29) is 6.09 Å². The quantitative estimate of drug-likeness (QED) is 0.744. The number of hydrogen-bond acceptors (Lipinski definition) is 2. The fraction of sp³-hybridized carbons (Fsp3) is 0.625. The van der Waals surface area contributed by atoms with Gasteiger partial charge in [-0.05, 0) is 6.42 Å². The molecular formula is C8H14BrNO2. The molecule has 0 aliphatic carbocycles. The summed E-state index contributed by atoms with van der Waals surface area (Å²) in [5.41, 5.74) is 0. The molecule has 0 saturated heterocycles. The van der Waals surface area contributed by atoms with Crippen molar-refractivity contribution in [2.45, 2.75) is 19.8 Å². The van der Waals surface area contributed by atoms with Crippen molar-refractivity contribution in [1.29, 1.82) is 0 Å². The van der Waals surface area contributed by atoms with Crippen LogP contribution in [-0.2, 0) is 4.74 Å². The molecule has 0 spiro atoms. The molecule has 0 aromatic rings. The number of alkyl carbamates (subject to hydrolysis) is 1. The number of rotatable bonds is 5. The van der Waals surface area contributed by atoms with E-state index in [1.54, 1.807) is 0 Å². The van der Waals surface area contributed by atoms with Gasteiger partial charge in [0.15, 0.2) is 0 Å².